The number of aromatic nitrogens is 2. The van der Waals surface area contributed by atoms with Crippen LogP contribution >= 0.6 is 0 Å². The molecular formula is C14H24N4O. The van der Waals surface area contributed by atoms with Crippen LogP contribution in [0.3, 0.4) is 0 Å². The van der Waals surface area contributed by atoms with Gasteiger partial charge in [0.1, 0.15) is 17.5 Å². The van der Waals surface area contributed by atoms with Crippen LogP contribution < -0.4 is 10.6 Å². The fourth-order valence-corrected chi connectivity index (χ4v) is 1.94. The van der Waals surface area contributed by atoms with E-state index >= 15 is 0 Å². The zero-order valence-electron chi connectivity index (χ0n) is 12.0. The van der Waals surface area contributed by atoms with E-state index < -0.39 is 0 Å². The monoisotopic (exact) mass is 264 g/mol. The Kier molecular flexibility index (Phi) is 4.58. The summed E-state index contributed by atoms with van der Waals surface area (Å²) in [4.78, 5) is 8.97. The van der Waals surface area contributed by atoms with Gasteiger partial charge in [0.05, 0.1) is 6.10 Å². The lowest BCUT2D eigenvalue weighted by Crippen LogP contribution is -2.22. The quantitative estimate of drug-likeness (QED) is 0.704. The number of aliphatic hydroxyl groups excluding tert-OH is 1. The molecule has 1 unspecified atom stereocenters. The molecular weight excluding hydrogens is 240 g/mol. The van der Waals surface area contributed by atoms with Gasteiger partial charge in [0.2, 0.25) is 0 Å². The van der Waals surface area contributed by atoms with Crippen molar-refractivity contribution >= 4 is 11.6 Å². The van der Waals surface area contributed by atoms with E-state index in [9.17, 15) is 5.11 Å². The first-order valence-corrected chi connectivity index (χ1v) is 7.15. The van der Waals surface area contributed by atoms with Crippen LogP contribution in [0.4, 0.5) is 11.6 Å². The van der Waals surface area contributed by atoms with Gasteiger partial charge in [-0.05, 0) is 25.7 Å². The largest absolute Gasteiger partial charge is 0.391 e. The van der Waals surface area contributed by atoms with Gasteiger partial charge in [-0.25, -0.2) is 9.97 Å². The minimum absolute atomic E-state index is 0.264. The molecule has 1 heterocycles. The van der Waals surface area contributed by atoms with E-state index in [1.807, 2.05) is 13.0 Å². The number of nitrogens with one attached hydrogen (secondary N) is 2. The maximum Gasteiger partial charge on any atom is 0.135 e. The summed E-state index contributed by atoms with van der Waals surface area (Å²) in [6, 6.07) is 1.90. The Labute approximate surface area is 114 Å². The second kappa shape index (κ2) is 6.19. The Balaban J connectivity index is 2.04. The first kappa shape index (κ1) is 14.1. The molecule has 1 fully saturated rings. The minimum Gasteiger partial charge on any atom is -0.391 e. The first-order valence-electron chi connectivity index (χ1n) is 7.15. The Morgan fingerprint density at radius 2 is 1.89 bits per heavy atom. The molecule has 0 aliphatic heterocycles. The smallest absolute Gasteiger partial charge is 0.135 e. The third-order valence-electron chi connectivity index (χ3n) is 3.28. The molecule has 19 heavy (non-hydrogen) atoms. The summed E-state index contributed by atoms with van der Waals surface area (Å²) < 4.78 is 0. The highest BCUT2D eigenvalue weighted by atomic mass is 16.3. The molecule has 1 atom stereocenters. The Hall–Kier alpha value is -1.36. The van der Waals surface area contributed by atoms with Gasteiger partial charge in [-0.1, -0.05) is 13.8 Å². The van der Waals surface area contributed by atoms with Gasteiger partial charge in [-0.15, -0.1) is 0 Å². The van der Waals surface area contributed by atoms with Crippen molar-refractivity contribution in [2.75, 3.05) is 23.7 Å². The van der Waals surface area contributed by atoms with Crippen LogP contribution in [0.2, 0.25) is 0 Å². The maximum absolute atomic E-state index is 9.88. The molecule has 2 rings (SSSR count). The van der Waals surface area contributed by atoms with Crippen LogP contribution in [0.15, 0.2) is 6.07 Å². The fourth-order valence-electron chi connectivity index (χ4n) is 1.94. The van der Waals surface area contributed by atoms with Crippen molar-refractivity contribution in [1.29, 1.82) is 0 Å². The minimum atomic E-state index is -0.264. The van der Waals surface area contributed by atoms with Gasteiger partial charge >= 0.3 is 0 Å². The molecule has 0 aromatic carbocycles. The van der Waals surface area contributed by atoms with Crippen molar-refractivity contribution in [2.24, 2.45) is 5.92 Å². The predicted octanol–water partition coefficient (Wildman–Crippen LogP) is 2.21. The van der Waals surface area contributed by atoms with E-state index in [4.69, 9.17) is 0 Å². The zero-order chi connectivity index (χ0) is 13.8. The van der Waals surface area contributed by atoms with Crippen LogP contribution in [-0.2, 0) is 0 Å². The third kappa shape index (κ3) is 4.06. The molecule has 5 heteroatoms. The molecule has 106 valence electrons. The second-order valence-corrected chi connectivity index (χ2v) is 5.47. The zero-order valence-corrected chi connectivity index (χ0v) is 12.0. The van der Waals surface area contributed by atoms with E-state index in [-0.39, 0.29) is 12.0 Å². The SMILES string of the molecule is CCNc1cc(NCC(O)C2CC2)nc(C(C)C)n1. The maximum atomic E-state index is 9.88. The van der Waals surface area contributed by atoms with E-state index in [0.29, 0.717) is 12.5 Å². The van der Waals surface area contributed by atoms with E-state index in [1.54, 1.807) is 0 Å². The average Bonchev–Trinajstić information content (AvgIpc) is 3.20. The normalized spacial score (nSPS) is 16.5. The summed E-state index contributed by atoms with van der Waals surface area (Å²) in [6.07, 6.45) is 2.03. The summed E-state index contributed by atoms with van der Waals surface area (Å²) in [6.45, 7) is 7.59. The number of rotatable bonds is 7. The summed E-state index contributed by atoms with van der Waals surface area (Å²) in [5.74, 6) is 3.21. The Morgan fingerprint density at radius 3 is 2.42 bits per heavy atom. The topological polar surface area (TPSA) is 70.1 Å². The van der Waals surface area contributed by atoms with Crippen LogP contribution in [0.5, 0.6) is 0 Å². The summed E-state index contributed by atoms with van der Waals surface area (Å²) in [7, 11) is 0. The van der Waals surface area contributed by atoms with Crippen LogP contribution in [0, 0.1) is 5.92 Å². The third-order valence-corrected chi connectivity index (χ3v) is 3.28. The van der Waals surface area contributed by atoms with Crippen molar-refractivity contribution in [3.8, 4) is 0 Å². The molecule has 1 aromatic rings. The first-order chi connectivity index (χ1) is 9.10. The molecule has 3 N–H and O–H groups in total. The highest BCUT2D eigenvalue weighted by Crippen LogP contribution is 2.32. The van der Waals surface area contributed by atoms with E-state index in [1.165, 1.54) is 0 Å². The molecule has 0 amide bonds. The predicted molar refractivity (Wildman–Crippen MR) is 77.5 cm³/mol. The van der Waals surface area contributed by atoms with Gasteiger partial charge in [0.15, 0.2) is 0 Å². The number of anilines is 2. The van der Waals surface area contributed by atoms with Gasteiger partial charge in [-0.3, -0.25) is 0 Å². The molecule has 1 aliphatic rings. The number of aliphatic hydroxyl groups is 1. The van der Waals surface area contributed by atoms with E-state index in [0.717, 1.165) is 36.8 Å². The lowest BCUT2D eigenvalue weighted by atomic mass is 10.2. The van der Waals surface area contributed by atoms with Crippen molar-refractivity contribution in [3.05, 3.63) is 11.9 Å². The molecule has 5 nitrogen and oxygen atoms in total. The van der Waals surface area contributed by atoms with Gasteiger partial charge in [0.25, 0.3) is 0 Å². The molecule has 0 spiro atoms. The molecule has 0 saturated heterocycles. The standard InChI is InChI=1S/C14H24N4O/c1-4-15-12-7-13(18-14(17-12)9(2)3)16-8-11(19)10-5-6-10/h7,9-11,19H,4-6,8H2,1-3H3,(H2,15,16,17,18). The molecule has 1 aliphatic carbocycles. The van der Waals surface area contributed by atoms with Crippen molar-refractivity contribution < 1.29 is 5.11 Å². The van der Waals surface area contributed by atoms with Crippen LogP contribution in [-0.4, -0.2) is 34.3 Å². The van der Waals surface area contributed by atoms with Gasteiger partial charge in [0, 0.05) is 25.1 Å². The van der Waals surface area contributed by atoms with Crippen LogP contribution in [0.1, 0.15) is 45.4 Å². The van der Waals surface area contributed by atoms with Gasteiger partial charge < -0.3 is 15.7 Å². The second-order valence-electron chi connectivity index (χ2n) is 5.47. The molecule has 0 radical (unpaired) electrons. The lowest BCUT2D eigenvalue weighted by Gasteiger charge is -2.14. The number of hydrogen-bond acceptors (Lipinski definition) is 5. The highest BCUT2D eigenvalue weighted by Gasteiger charge is 2.29. The van der Waals surface area contributed by atoms with Crippen molar-refractivity contribution in [1.82, 2.24) is 9.97 Å². The number of hydrogen-bond donors (Lipinski definition) is 3. The highest BCUT2D eigenvalue weighted by molar-refractivity contribution is 5.47. The van der Waals surface area contributed by atoms with Gasteiger partial charge in [-0.2, -0.15) is 0 Å². The lowest BCUT2D eigenvalue weighted by molar-refractivity contribution is 0.164. The Bertz CT molecular complexity index is 418. The molecule has 1 aromatic heterocycles. The average molecular weight is 264 g/mol. The van der Waals surface area contributed by atoms with Crippen LogP contribution in [0.25, 0.3) is 0 Å². The summed E-state index contributed by atoms with van der Waals surface area (Å²) >= 11 is 0. The van der Waals surface area contributed by atoms with E-state index in [2.05, 4.69) is 34.4 Å². The molecule has 1 saturated carbocycles. The van der Waals surface area contributed by atoms with Crippen molar-refractivity contribution in [2.45, 2.75) is 45.6 Å². The summed E-state index contributed by atoms with van der Waals surface area (Å²) in [5, 5.41) is 16.3. The molecule has 0 bridgehead atoms. The summed E-state index contributed by atoms with van der Waals surface area (Å²) in [5.41, 5.74) is 0. The fraction of sp³-hybridized carbons (Fsp3) is 0.714. The Morgan fingerprint density at radius 1 is 1.26 bits per heavy atom. The van der Waals surface area contributed by atoms with Crippen molar-refractivity contribution in [3.63, 3.8) is 0 Å². The number of nitrogens with zero attached hydrogens (tertiary/aromatic N) is 2.